The molecule has 1 rings (SSSR count). The summed E-state index contributed by atoms with van der Waals surface area (Å²) in [7, 11) is 1.56. The number of carbonyl (C=O) groups excluding carboxylic acids is 1. The highest BCUT2D eigenvalue weighted by atomic mass is 16.5. The first-order valence-electron chi connectivity index (χ1n) is 6.26. The van der Waals surface area contributed by atoms with Crippen LogP contribution in [0.1, 0.15) is 25.8 Å². The van der Waals surface area contributed by atoms with E-state index in [2.05, 4.69) is 5.32 Å². The first-order valence-corrected chi connectivity index (χ1v) is 6.26. The van der Waals surface area contributed by atoms with Crippen molar-refractivity contribution in [3.63, 3.8) is 0 Å². The lowest BCUT2D eigenvalue weighted by atomic mass is 10.2. The third-order valence-electron chi connectivity index (χ3n) is 2.47. The Hall–Kier alpha value is -1.75. The van der Waals surface area contributed by atoms with Gasteiger partial charge in [0.2, 0.25) is 5.91 Å². The standard InChI is InChI=1S/C14H21NO4/c1-10(2)15-14(17)6-7-19-13-5-4-12(18-3)8-11(13)9-16/h4-5,8,10,16H,6-7,9H2,1-3H3,(H,15,17). The monoisotopic (exact) mass is 267 g/mol. The molecule has 2 N–H and O–H groups in total. The number of hydrogen-bond acceptors (Lipinski definition) is 4. The Balaban J connectivity index is 2.51. The van der Waals surface area contributed by atoms with Crippen molar-refractivity contribution >= 4 is 5.91 Å². The van der Waals surface area contributed by atoms with E-state index < -0.39 is 0 Å². The van der Waals surface area contributed by atoms with Crippen molar-refractivity contribution in [2.75, 3.05) is 13.7 Å². The molecule has 0 spiro atoms. The van der Waals surface area contributed by atoms with Crippen LogP contribution in [0.5, 0.6) is 11.5 Å². The largest absolute Gasteiger partial charge is 0.497 e. The molecule has 0 saturated carbocycles. The molecule has 19 heavy (non-hydrogen) atoms. The van der Waals surface area contributed by atoms with Gasteiger partial charge >= 0.3 is 0 Å². The fourth-order valence-electron chi connectivity index (χ4n) is 1.59. The predicted molar refractivity (Wildman–Crippen MR) is 72.3 cm³/mol. The summed E-state index contributed by atoms with van der Waals surface area (Å²) in [5, 5.41) is 12.0. The molecule has 0 aromatic heterocycles. The summed E-state index contributed by atoms with van der Waals surface area (Å²) in [5.41, 5.74) is 0.642. The summed E-state index contributed by atoms with van der Waals surface area (Å²) >= 11 is 0. The smallest absolute Gasteiger partial charge is 0.223 e. The number of aliphatic hydroxyl groups is 1. The third-order valence-corrected chi connectivity index (χ3v) is 2.47. The van der Waals surface area contributed by atoms with Gasteiger partial charge in [-0.2, -0.15) is 0 Å². The highest BCUT2D eigenvalue weighted by Crippen LogP contribution is 2.24. The zero-order chi connectivity index (χ0) is 14.3. The van der Waals surface area contributed by atoms with Gasteiger partial charge < -0.3 is 19.9 Å². The van der Waals surface area contributed by atoms with Gasteiger partial charge in [-0.25, -0.2) is 0 Å². The van der Waals surface area contributed by atoms with Gasteiger partial charge in [-0.05, 0) is 32.0 Å². The lowest BCUT2D eigenvalue weighted by Crippen LogP contribution is -2.31. The van der Waals surface area contributed by atoms with E-state index in [1.165, 1.54) is 0 Å². The summed E-state index contributed by atoms with van der Waals surface area (Å²) < 4.78 is 10.6. The summed E-state index contributed by atoms with van der Waals surface area (Å²) in [6.45, 7) is 3.96. The molecule has 0 aliphatic rings. The molecule has 1 amide bonds. The maximum absolute atomic E-state index is 11.4. The van der Waals surface area contributed by atoms with Gasteiger partial charge in [0.05, 0.1) is 26.7 Å². The Bertz CT molecular complexity index is 418. The average Bonchev–Trinajstić information content (AvgIpc) is 2.38. The lowest BCUT2D eigenvalue weighted by molar-refractivity contribution is -0.122. The molecule has 0 fully saturated rings. The van der Waals surface area contributed by atoms with Gasteiger partial charge in [0, 0.05) is 11.6 Å². The molecule has 0 radical (unpaired) electrons. The minimum atomic E-state index is -0.134. The van der Waals surface area contributed by atoms with Gasteiger partial charge in [-0.15, -0.1) is 0 Å². The van der Waals surface area contributed by atoms with Crippen LogP contribution in [-0.4, -0.2) is 30.8 Å². The number of aliphatic hydroxyl groups excluding tert-OH is 1. The Morgan fingerprint density at radius 2 is 2.16 bits per heavy atom. The summed E-state index contributed by atoms with van der Waals surface area (Å²) in [6, 6.07) is 5.32. The first-order chi connectivity index (χ1) is 9.06. The van der Waals surface area contributed by atoms with Crippen molar-refractivity contribution in [1.29, 1.82) is 0 Å². The maximum Gasteiger partial charge on any atom is 0.223 e. The second-order valence-electron chi connectivity index (χ2n) is 4.45. The van der Waals surface area contributed by atoms with Crippen molar-refractivity contribution in [2.24, 2.45) is 0 Å². The molecule has 106 valence electrons. The van der Waals surface area contributed by atoms with Crippen molar-refractivity contribution in [3.05, 3.63) is 23.8 Å². The van der Waals surface area contributed by atoms with E-state index in [-0.39, 0.29) is 31.6 Å². The quantitative estimate of drug-likeness (QED) is 0.785. The van der Waals surface area contributed by atoms with Gasteiger partial charge in [0.25, 0.3) is 0 Å². The van der Waals surface area contributed by atoms with E-state index in [0.29, 0.717) is 17.1 Å². The van der Waals surface area contributed by atoms with Gasteiger partial charge in [0.1, 0.15) is 11.5 Å². The van der Waals surface area contributed by atoms with Crippen LogP contribution in [0.25, 0.3) is 0 Å². The van der Waals surface area contributed by atoms with Crippen LogP contribution in [0.3, 0.4) is 0 Å². The average molecular weight is 267 g/mol. The fourth-order valence-corrected chi connectivity index (χ4v) is 1.59. The zero-order valence-electron chi connectivity index (χ0n) is 11.6. The highest BCUT2D eigenvalue weighted by molar-refractivity contribution is 5.76. The van der Waals surface area contributed by atoms with Crippen molar-refractivity contribution in [1.82, 2.24) is 5.32 Å². The van der Waals surface area contributed by atoms with Crippen molar-refractivity contribution in [2.45, 2.75) is 32.9 Å². The van der Waals surface area contributed by atoms with E-state index in [1.54, 1.807) is 25.3 Å². The number of benzene rings is 1. The molecular formula is C14H21NO4. The van der Waals surface area contributed by atoms with Crippen LogP contribution in [0, 0.1) is 0 Å². The van der Waals surface area contributed by atoms with E-state index in [1.807, 2.05) is 13.8 Å². The molecule has 5 heteroatoms. The summed E-state index contributed by atoms with van der Waals surface area (Å²) in [5.74, 6) is 1.18. The van der Waals surface area contributed by atoms with Crippen LogP contribution >= 0.6 is 0 Å². The van der Waals surface area contributed by atoms with Gasteiger partial charge in [0.15, 0.2) is 0 Å². The SMILES string of the molecule is COc1ccc(OCCC(=O)NC(C)C)c(CO)c1. The topological polar surface area (TPSA) is 67.8 Å². The molecule has 0 aliphatic heterocycles. The number of methoxy groups -OCH3 is 1. The molecule has 0 heterocycles. The summed E-state index contributed by atoms with van der Waals surface area (Å²) in [6.07, 6.45) is 0.287. The fraction of sp³-hybridized carbons (Fsp3) is 0.500. The van der Waals surface area contributed by atoms with Gasteiger partial charge in [-0.3, -0.25) is 4.79 Å². The molecular weight excluding hydrogens is 246 g/mol. The summed E-state index contributed by atoms with van der Waals surface area (Å²) in [4.78, 5) is 11.4. The van der Waals surface area contributed by atoms with Crippen molar-refractivity contribution in [3.8, 4) is 11.5 Å². The molecule has 1 aromatic rings. The van der Waals surface area contributed by atoms with Crippen LogP contribution in [0.15, 0.2) is 18.2 Å². The number of rotatable bonds is 7. The number of carbonyl (C=O) groups is 1. The molecule has 1 aromatic carbocycles. The van der Waals surface area contributed by atoms with Crippen LogP contribution < -0.4 is 14.8 Å². The van der Waals surface area contributed by atoms with E-state index in [4.69, 9.17) is 9.47 Å². The molecule has 0 unspecified atom stereocenters. The molecule has 0 saturated heterocycles. The Morgan fingerprint density at radius 3 is 2.74 bits per heavy atom. The number of ether oxygens (including phenoxy) is 2. The first kappa shape index (κ1) is 15.3. The maximum atomic E-state index is 11.4. The van der Waals surface area contributed by atoms with Gasteiger partial charge in [-0.1, -0.05) is 0 Å². The Labute approximate surface area is 113 Å². The minimum Gasteiger partial charge on any atom is -0.497 e. The second kappa shape index (κ2) is 7.63. The van der Waals surface area contributed by atoms with Crippen molar-refractivity contribution < 1.29 is 19.4 Å². The van der Waals surface area contributed by atoms with Crippen LogP contribution in [-0.2, 0) is 11.4 Å². The minimum absolute atomic E-state index is 0.0472. The van der Waals surface area contributed by atoms with Crippen LogP contribution in [0.2, 0.25) is 0 Å². The van der Waals surface area contributed by atoms with E-state index >= 15 is 0 Å². The van der Waals surface area contributed by atoms with E-state index in [0.717, 1.165) is 0 Å². The highest BCUT2D eigenvalue weighted by Gasteiger charge is 2.07. The Kier molecular flexibility index (Phi) is 6.15. The number of amides is 1. The molecule has 5 nitrogen and oxygen atoms in total. The normalized spacial score (nSPS) is 10.4. The number of hydrogen-bond donors (Lipinski definition) is 2. The predicted octanol–water partition coefficient (Wildman–Crippen LogP) is 1.48. The Morgan fingerprint density at radius 1 is 1.42 bits per heavy atom. The molecule has 0 atom stereocenters. The second-order valence-corrected chi connectivity index (χ2v) is 4.45. The third kappa shape index (κ3) is 5.18. The van der Waals surface area contributed by atoms with E-state index in [9.17, 15) is 9.90 Å². The number of nitrogens with one attached hydrogen (secondary N) is 1. The molecule has 0 aliphatic carbocycles. The zero-order valence-corrected chi connectivity index (χ0v) is 11.6. The lowest BCUT2D eigenvalue weighted by Gasteiger charge is -2.12. The van der Waals surface area contributed by atoms with Crippen LogP contribution in [0.4, 0.5) is 0 Å². The molecule has 0 bridgehead atoms.